The monoisotopic (exact) mass is 793 g/mol. The summed E-state index contributed by atoms with van der Waals surface area (Å²) in [5.41, 5.74) is -1.52. The van der Waals surface area contributed by atoms with Crippen molar-refractivity contribution in [3.63, 3.8) is 0 Å². The van der Waals surface area contributed by atoms with Gasteiger partial charge in [-0.25, -0.2) is 18.7 Å². The Labute approximate surface area is 323 Å². The van der Waals surface area contributed by atoms with E-state index in [0.29, 0.717) is 24.0 Å². The summed E-state index contributed by atoms with van der Waals surface area (Å²) in [5, 5.41) is 11.4. The molecular weight excluding hydrogens is 738 g/mol. The summed E-state index contributed by atoms with van der Waals surface area (Å²) in [6.07, 6.45) is 6.96. The van der Waals surface area contributed by atoms with E-state index in [4.69, 9.17) is 14.6 Å². The number of carbonyl (C=O) groups is 5. The lowest BCUT2D eigenvalue weighted by atomic mass is 10.1. The first kappa shape index (κ1) is 43.5. The largest absolute Gasteiger partial charge is 0.481 e. The zero-order valence-corrected chi connectivity index (χ0v) is 33.1. The van der Waals surface area contributed by atoms with Crippen LogP contribution >= 0.6 is 0 Å². The van der Waals surface area contributed by atoms with Crippen LogP contribution in [0.5, 0.6) is 0 Å². The molecule has 0 spiro atoms. The van der Waals surface area contributed by atoms with Gasteiger partial charge in [-0.15, -0.1) is 6.58 Å². The molecule has 2 fully saturated rings. The summed E-state index contributed by atoms with van der Waals surface area (Å²) < 4.78 is 55.1. The molecule has 0 bridgehead atoms. The highest BCUT2D eigenvalue weighted by Crippen LogP contribution is 2.45. The summed E-state index contributed by atoms with van der Waals surface area (Å²) in [4.78, 5) is 67.0. The van der Waals surface area contributed by atoms with Crippen LogP contribution in [-0.2, 0) is 47.2 Å². The second-order valence-electron chi connectivity index (χ2n) is 15.7. The standard InChI is InChI=1S/C38H56FN5O10S/c1-6-27-22-38(27,34(48)41-55(51,52)42(5)20-15-13-11-9-7-8-10-12-14-19-32(45)46)40-33(47)31-21-28(24-44(31)36(50)54-37(2,3)4)53-35(49)43-23-26-17-16-18-30(39)29(26)25-43/h6,16-18,27-28,31H,1,7-15,19-25H2,2-5H3,(H,40,47)(H,41,48)(H,45,46)/t27-,28-,31+,38-/m1/s1. The maximum Gasteiger partial charge on any atom is 0.411 e. The van der Waals surface area contributed by atoms with Crippen molar-refractivity contribution in [2.75, 3.05) is 20.1 Å². The first-order valence-electron chi connectivity index (χ1n) is 19.0. The average molecular weight is 794 g/mol. The number of hydrogen-bond acceptors (Lipinski definition) is 9. The van der Waals surface area contributed by atoms with Crippen molar-refractivity contribution in [3.05, 3.63) is 47.8 Å². The van der Waals surface area contributed by atoms with Crippen LogP contribution in [0.15, 0.2) is 30.9 Å². The van der Waals surface area contributed by atoms with Crippen molar-refractivity contribution < 1.29 is 51.4 Å². The Morgan fingerprint density at radius 1 is 1.02 bits per heavy atom. The van der Waals surface area contributed by atoms with Gasteiger partial charge in [0.2, 0.25) is 5.91 Å². The van der Waals surface area contributed by atoms with E-state index >= 15 is 0 Å². The van der Waals surface area contributed by atoms with Crippen LogP contribution in [0.1, 0.15) is 109 Å². The summed E-state index contributed by atoms with van der Waals surface area (Å²) in [6, 6.07) is 3.36. The number of unbranched alkanes of at least 4 members (excludes halogenated alkanes) is 8. The van der Waals surface area contributed by atoms with Crippen LogP contribution in [-0.4, -0.2) is 101 Å². The van der Waals surface area contributed by atoms with E-state index in [0.717, 1.165) is 54.2 Å². The van der Waals surface area contributed by atoms with E-state index in [1.807, 2.05) is 0 Å². The Morgan fingerprint density at radius 2 is 1.65 bits per heavy atom. The molecule has 1 aromatic carbocycles. The van der Waals surface area contributed by atoms with Crippen molar-refractivity contribution in [3.8, 4) is 0 Å². The number of carbonyl (C=O) groups excluding carboxylic acids is 4. The fourth-order valence-corrected chi connectivity index (χ4v) is 7.91. The highest BCUT2D eigenvalue weighted by molar-refractivity contribution is 7.87. The predicted octanol–water partition coefficient (Wildman–Crippen LogP) is 5.00. The molecule has 4 amide bonds. The van der Waals surface area contributed by atoms with Gasteiger partial charge in [-0.05, 0) is 51.7 Å². The quantitative estimate of drug-likeness (QED) is 0.127. The number of nitrogens with one attached hydrogen (secondary N) is 2. The third kappa shape index (κ3) is 11.9. The van der Waals surface area contributed by atoms with Gasteiger partial charge in [0.15, 0.2) is 0 Å². The van der Waals surface area contributed by atoms with E-state index in [1.165, 1.54) is 24.1 Å². The van der Waals surface area contributed by atoms with Gasteiger partial charge in [-0.2, -0.15) is 12.7 Å². The Balaban J connectivity index is 1.32. The highest BCUT2D eigenvalue weighted by atomic mass is 32.2. The molecular formula is C38H56FN5O10S. The summed E-state index contributed by atoms with van der Waals surface area (Å²) in [5.74, 6) is -3.49. The minimum atomic E-state index is -4.27. The van der Waals surface area contributed by atoms with Gasteiger partial charge in [0, 0.05) is 44.5 Å². The van der Waals surface area contributed by atoms with Crippen LogP contribution in [0, 0.1) is 11.7 Å². The second-order valence-corrected chi connectivity index (χ2v) is 17.5. The molecule has 306 valence electrons. The minimum Gasteiger partial charge on any atom is -0.481 e. The third-order valence-electron chi connectivity index (χ3n) is 10.2. The van der Waals surface area contributed by atoms with E-state index in [-0.39, 0.29) is 45.4 Å². The van der Waals surface area contributed by atoms with Crippen molar-refractivity contribution in [2.24, 2.45) is 5.92 Å². The molecule has 17 heteroatoms. The molecule has 55 heavy (non-hydrogen) atoms. The van der Waals surface area contributed by atoms with Crippen LogP contribution in [0.25, 0.3) is 0 Å². The molecule has 1 aliphatic carbocycles. The molecule has 1 aromatic rings. The molecule has 2 aliphatic heterocycles. The van der Waals surface area contributed by atoms with Crippen molar-refractivity contribution in [1.82, 2.24) is 24.1 Å². The van der Waals surface area contributed by atoms with Crippen molar-refractivity contribution in [1.29, 1.82) is 0 Å². The molecule has 0 unspecified atom stereocenters. The van der Waals surface area contributed by atoms with E-state index in [1.54, 1.807) is 32.9 Å². The Kier molecular flexibility index (Phi) is 14.7. The molecule has 1 saturated heterocycles. The van der Waals surface area contributed by atoms with Crippen LogP contribution < -0.4 is 10.0 Å². The fraction of sp³-hybridized carbons (Fsp3) is 0.658. The molecule has 3 aliphatic rings. The number of amides is 4. The molecule has 4 atom stereocenters. The minimum absolute atomic E-state index is 0.00580. The topological polar surface area (TPSA) is 192 Å². The molecule has 0 radical (unpaired) electrons. The number of likely N-dealkylation sites (tertiary alicyclic amines) is 1. The van der Waals surface area contributed by atoms with Crippen molar-refractivity contribution >= 4 is 40.2 Å². The Hall–Kier alpha value is -4.25. The lowest BCUT2D eigenvalue weighted by molar-refractivity contribution is -0.137. The zero-order valence-electron chi connectivity index (χ0n) is 32.3. The second kappa shape index (κ2) is 18.6. The maximum absolute atomic E-state index is 14.3. The third-order valence-corrected chi connectivity index (χ3v) is 11.6. The molecule has 2 heterocycles. The SMILES string of the molecule is C=C[C@@H]1C[C@]1(NC(=O)[C@@H]1C[C@@H](OC(=O)N2Cc3cccc(F)c3C2)CN1C(=O)OC(C)(C)C)C(=O)NS(=O)(=O)N(C)CCCCCCCCCCCC(=O)O. The molecule has 4 rings (SSSR count). The van der Waals surface area contributed by atoms with Gasteiger partial charge in [-0.1, -0.05) is 63.2 Å². The number of hydrogen-bond donors (Lipinski definition) is 3. The number of ether oxygens (including phenoxy) is 2. The van der Waals surface area contributed by atoms with Crippen LogP contribution in [0.3, 0.4) is 0 Å². The number of halogens is 1. The normalized spacial score (nSPS) is 21.9. The van der Waals surface area contributed by atoms with Gasteiger partial charge in [0.05, 0.1) is 13.1 Å². The van der Waals surface area contributed by atoms with Crippen molar-refractivity contribution in [2.45, 2.75) is 134 Å². The van der Waals surface area contributed by atoms with Gasteiger partial charge >= 0.3 is 28.4 Å². The lowest BCUT2D eigenvalue weighted by Crippen LogP contribution is -2.57. The molecule has 3 N–H and O–H groups in total. The molecule has 1 saturated carbocycles. The fourth-order valence-electron chi connectivity index (χ4n) is 6.97. The predicted molar refractivity (Wildman–Crippen MR) is 200 cm³/mol. The van der Waals surface area contributed by atoms with E-state index < -0.39 is 75.2 Å². The Bertz CT molecular complexity index is 1700. The number of nitrogens with zero attached hydrogens (tertiary/aromatic N) is 3. The number of carboxylic acids is 1. The summed E-state index contributed by atoms with van der Waals surface area (Å²) in [6.45, 7) is 8.84. The maximum atomic E-state index is 14.3. The number of benzene rings is 1. The van der Waals surface area contributed by atoms with Gasteiger partial charge in [0.1, 0.15) is 29.1 Å². The average Bonchev–Trinajstić information content (AvgIpc) is 3.40. The van der Waals surface area contributed by atoms with Gasteiger partial charge in [0.25, 0.3) is 5.91 Å². The van der Waals surface area contributed by atoms with E-state index in [2.05, 4.69) is 16.6 Å². The molecule has 15 nitrogen and oxygen atoms in total. The van der Waals surface area contributed by atoms with E-state index in [9.17, 15) is 36.8 Å². The highest BCUT2D eigenvalue weighted by Gasteiger charge is 2.61. The molecule has 0 aromatic heterocycles. The number of fused-ring (bicyclic) bond motifs is 1. The van der Waals surface area contributed by atoms with Gasteiger partial charge < -0.3 is 19.9 Å². The van der Waals surface area contributed by atoms with Crippen LogP contribution in [0.2, 0.25) is 0 Å². The first-order chi connectivity index (χ1) is 25.9. The smallest absolute Gasteiger partial charge is 0.411 e. The Morgan fingerprint density at radius 3 is 2.24 bits per heavy atom. The first-order valence-corrected chi connectivity index (χ1v) is 20.5. The number of aliphatic carboxylic acids is 1. The number of rotatable bonds is 19. The van der Waals surface area contributed by atoms with Crippen LogP contribution in [0.4, 0.5) is 14.0 Å². The van der Waals surface area contributed by atoms with Gasteiger partial charge in [-0.3, -0.25) is 24.2 Å². The lowest BCUT2D eigenvalue weighted by Gasteiger charge is -2.29. The summed E-state index contributed by atoms with van der Waals surface area (Å²) >= 11 is 0. The zero-order chi connectivity index (χ0) is 40.6. The summed E-state index contributed by atoms with van der Waals surface area (Å²) in [7, 11) is -2.90. The number of carboxylic acid groups (broad SMARTS) is 1.